The van der Waals surface area contributed by atoms with Gasteiger partial charge in [-0.15, -0.1) is 11.8 Å². The summed E-state index contributed by atoms with van der Waals surface area (Å²) < 4.78 is 0. The lowest BCUT2D eigenvalue weighted by atomic mass is 10.1. The molecule has 0 fully saturated rings. The Labute approximate surface area is 173 Å². The lowest BCUT2D eigenvalue weighted by molar-refractivity contribution is 0.863. The molecule has 1 N–H and O–H groups in total. The molecule has 0 aliphatic carbocycles. The second-order valence-electron chi connectivity index (χ2n) is 7.16. The number of hydrogen-bond donors (Lipinski definition) is 1. The van der Waals surface area contributed by atoms with Crippen LogP contribution < -0.4 is 5.56 Å². The minimum absolute atomic E-state index is 0.150. The van der Waals surface area contributed by atoms with Crippen LogP contribution in [0.4, 0.5) is 0 Å². The van der Waals surface area contributed by atoms with E-state index in [4.69, 9.17) is 4.98 Å². The molecule has 146 valence electrons. The van der Waals surface area contributed by atoms with E-state index in [1.807, 2.05) is 32.0 Å². The predicted molar refractivity (Wildman–Crippen MR) is 117 cm³/mol. The van der Waals surface area contributed by atoms with Crippen LogP contribution in [0.5, 0.6) is 0 Å². The van der Waals surface area contributed by atoms with Crippen molar-refractivity contribution < 1.29 is 0 Å². The highest BCUT2D eigenvalue weighted by Crippen LogP contribution is 2.22. The van der Waals surface area contributed by atoms with Crippen LogP contribution in [0.15, 0.2) is 58.2 Å². The minimum Gasteiger partial charge on any atom is -0.310 e. The molecule has 0 amide bonds. The molecule has 0 saturated carbocycles. The van der Waals surface area contributed by atoms with E-state index in [1.54, 1.807) is 17.8 Å². The lowest BCUT2D eigenvalue weighted by Gasteiger charge is -2.08. The maximum absolute atomic E-state index is 12.1. The zero-order valence-electron chi connectivity index (χ0n) is 16.7. The van der Waals surface area contributed by atoms with E-state index >= 15 is 0 Å². The van der Waals surface area contributed by atoms with Crippen LogP contribution in [-0.4, -0.2) is 19.9 Å². The van der Waals surface area contributed by atoms with Crippen molar-refractivity contribution in [3.05, 3.63) is 93.0 Å². The Morgan fingerprint density at radius 2 is 1.76 bits per heavy atom. The van der Waals surface area contributed by atoms with Gasteiger partial charge < -0.3 is 4.98 Å². The van der Waals surface area contributed by atoms with Crippen LogP contribution in [0.25, 0.3) is 10.9 Å². The van der Waals surface area contributed by atoms with Gasteiger partial charge >= 0.3 is 0 Å². The maximum atomic E-state index is 12.1. The summed E-state index contributed by atoms with van der Waals surface area (Å²) in [5.74, 6) is 1.89. The lowest BCUT2D eigenvalue weighted by Crippen LogP contribution is -2.14. The standard InChI is InChI=1S/C23H22N4OS/c1-14-7-9-18(10-8-14)29-13-17-11-22(28)26-21(25-17)12-20-24-16(3)19-6-4-5-15(2)23(19)27-20/h4-11H,12-13H2,1-3H3,(H,25,26,28). The number of aromatic amines is 1. The van der Waals surface area contributed by atoms with Gasteiger partial charge in [-0.25, -0.2) is 15.0 Å². The molecule has 0 radical (unpaired) electrons. The second-order valence-corrected chi connectivity index (χ2v) is 8.21. The minimum atomic E-state index is -0.150. The van der Waals surface area contributed by atoms with Crippen molar-refractivity contribution in [2.45, 2.75) is 37.8 Å². The number of thioether (sulfide) groups is 1. The van der Waals surface area contributed by atoms with Gasteiger partial charge in [0.15, 0.2) is 0 Å². The largest absolute Gasteiger partial charge is 0.310 e. The van der Waals surface area contributed by atoms with Crippen molar-refractivity contribution in [3.8, 4) is 0 Å². The molecule has 6 heteroatoms. The molecule has 0 saturated heterocycles. The first-order valence-corrected chi connectivity index (χ1v) is 10.5. The molecule has 2 aromatic heterocycles. The number of benzene rings is 2. The number of aromatic nitrogens is 4. The Bertz CT molecular complexity index is 1230. The number of H-pyrrole nitrogens is 1. The number of nitrogens with zero attached hydrogens (tertiary/aromatic N) is 3. The third-order valence-electron chi connectivity index (χ3n) is 4.74. The topological polar surface area (TPSA) is 71.5 Å². The summed E-state index contributed by atoms with van der Waals surface area (Å²) in [7, 11) is 0. The third-order valence-corrected chi connectivity index (χ3v) is 5.79. The van der Waals surface area contributed by atoms with Crippen molar-refractivity contribution in [2.24, 2.45) is 0 Å². The van der Waals surface area contributed by atoms with Crippen LogP contribution in [0.1, 0.15) is 34.2 Å². The molecule has 2 aromatic carbocycles. The highest BCUT2D eigenvalue weighted by Gasteiger charge is 2.10. The number of para-hydroxylation sites is 1. The Morgan fingerprint density at radius 1 is 0.966 bits per heavy atom. The SMILES string of the molecule is Cc1ccc(SCc2cc(=O)[nH]c(Cc3nc(C)c4cccc(C)c4n3)n2)cc1. The van der Waals surface area contributed by atoms with Crippen molar-refractivity contribution >= 4 is 22.7 Å². The van der Waals surface area contributed by atoms with E-state index in [9.17, 15) is 4.79 Å². The summed E-state index contributed by atoms with van der Waals surface area (Å²) in [5, 5.41) is 1.05. The third kappa shape index (κ3) is 4.54. The van der Waals surface area contributed by atoms with Gasteiger partial charge in [0.1, 0.15) is 11.6 Å². The molecule has 0 unspecified atom stereocenters. The fourth-order valence-corrected chi connectivity index (χ4v) is 4.04. The average Bonchev–Trinajstić information content (AvgIpc) is 2.68. The summed E-state index contributed by atoms with van der Waals surface area (Å²) in [6.45, 7) is 6.09. The first-order valence-electron chi connectivity index (χ1n) is 9.49. The van der Waals surface area contributed by atoms with Crippen LogP contribution in [0.3, 0.4) is 0 Å². The molecule has 0 aliphatic rings. The van der Waals surface area contributed by atoms with Gasteiger partial charge in [0, 0.05) is 27.8 Å². The molecule has 2 heterocycles. The molecule has 0 spiro atoms. The molecule has 0 atom stereocenters. The van der Waals surface area contributed by atoms with Gasteiger partial charge in [-0.05, 0) is 38.5 Å². The highest BCUT2D eigenvalue weighted by atomic mass is 32.2. The van der Waals surface area contributed by atoms with Gasteiger partial charge in [-0.1, -0.05) is 35.9 Å². The van der Waals surface area contributed by atoms with Crippen LogP contribution in [-0.2, 0) is 12.2 Å². The summed E-state index contributed by atoms with van der Waals surface area (Å²) in [4.78, 5) is 30.1. The van der Waals surface area contributed by atoms with Crippen molar-refractivity contribution in [1.82, 2.24) is 19.9 Å². The van der Waals surface area contributed by atoms with E-state index in [1.165, 1.54) is 5.56 Å². The smallest absolute Gasteiger partial charge is 0.251 e. The van der Waals surface area contributed by atoms with Crippen LogP contribution >= 0.6 is 11.8 Å². The normalized spacial score (nSPS) is 11.1. The Balaban J connectivity index is 1.58. The molecule has 4 aromatic rings. The average molecular weight is 403 g/mol. The first kappa shape index (κ1) is 19.3. The van der Waals surface area contributed by atoms with E-state index in [0.717, 1.165) is 32.7 Å². The fraction of sp³-hybridized carbons (Fsp3) is 0.217. The van der Waals surface area contributed by atoms with Gasteiger partial charge in [-0.2, -0.15) is 0 Å². The highest BCUT2D eigenvalue weighted by molar-refractivity contribution is 7.98. The zero-order chi connectivity index (χ0) is 20.4. The monoisotopic (exact) mass is 402 g/mol. The second kappa shape index (κ2) is 8.17. The first-order chi connectivity index (χ1) is 14.0. The maximum Gasteiger partial charge on any atom is 0.251 e. The van der Waals surface area contributed by atoms with E-state index in [2.05, 4.69) is 46.1 Å². The molecule has 0 aliphatic heterocycles. The van der Waals surface area contributed by atoms with Crippen molar-refractivity contribution in [2.75, 3.05) is 0 Å². The molecule has 0 bridgehead atoms. The van der Waals surface area contributed by atoms with E-state index in [0.29, 0.717) is 23.8 Å². The Morgan fingerprint density at radius 3 is 2.55 bits per heavy atom. The number of fused-ring (bicyclic) bond motifs is 1. The summed E-state index contributed by atoms with van der Waals surface area (Å²) >= 11 is 1.67. The van der Waals surface area contributed by atoms with Gasteiger partial charge in [0.05, 0.1) is 17.6 Å². The summed E-state index contributed by atoms with van der Waals surface area (Å²) in [6, 6.07) is 16.0. The van der Waals surface area contributed by atoms with Gasteiger partial charge in [0.25, 0.3) is 5.56 Å². The fourth-order valence-electron chi connectivity index (χ4n) is 3.25. The molecular formula is C23H22N4OS. The summed E-state index contributed by atoms with van der Waals surface area (Å²) in [6.07, 6.45) is 0.392. The Kier molecular flexibility index (Phi) is 5.45. The Hall–Kier alpha value is -2.99. The van der Waals surface area contributed by atoms with Gasteiger partial charge in [-0.3, -0.25) is 4.79 Å². The van der Waals surface area contributed by atoms with Crippen LogP contribution in [0, 0.1) is 20.8 Å². The van der Waals surface area contributed by atoms with E-state index in [-0.39, 0.29) is 5.56 Å². The molecule has 4 rings (SSSR count). The number of hydrogen-bond acceptors (Lipinski definition) is 5. The van der Waals surface area contributed by atoms with E-state index < -0.39 is 0 Å². The quantitative estimate of drug-likeness (QED) is 0.497. The van der Waals surface area contributed by atoms with Gasteiger partial charge in [0.2, 0.25) is 0 Å². The molecule has 29 heavy (non-hydrogen) atoms. The van der Waals surface area contributed by atoms with Crippen molar-refractivity contribution in [1.29, 1.82) is 0 Å². The predicted octanol–water partition coefficient (Wildman–Crippen LogP) is 4.52. The van der Waals surface area contributed by atoms with Crippen molar-refractivity contribution in [3.63, 3.8) is 0 Å². The molecular weight excluding hydrogens is 380 g/mol. The summed E-state index contributed by atoms with van der Waals surface area (Å²) in [5.41, 5.74) is 4.82. The number of nitrogens with one attached hydrogen (secondary N) is 1. The van der Waals surface area contributed by atoms with Crippen LogP contribution in [0.2, 0.25) is 0 Å². The zero-order valence-corrected chi connectivity index (χ0v) is 17.5. The molecule has 5 nitrogen and oxygen atoms in total. The number of aryl methyl sites for hydroxylation is 3. The number of rotatable bonds is 5.